The Morgan fingerprint density at radius 1 is 1.22 bits per heavy atom. The van der Waals surface area contributed by atoms with E-state index in [2.05, 4.69) is 15.6 Å². The van der Waals surface area contributed by atoms with E-state index >= 15 is 0 Å². The van der Waals surface area contributed by atoms with E-state index in [9.17, 15) is 13.2 Å². The molecule has 0 fully saturated rings. The van der Waals surface area contributed by atoms with Crippen molar-refractivity contribution in [3.05, 3.63) is 57.6 Å². The number of carbonyl (C=O) groups is 1. The Morgan fingerprint density at radius 2 is 1.94 bits per heavy atom. The molecular weight excluding hydrogens is 504 g/mol. The lowest BCUT2D eigenvalue weighted by Gasteiger charge is -2.18. The molecule has 9 nitrogen and oxygen atoms in total. The van der Waals surface area contributed by atoms with Gasteiger partial charge in [0.1, 0.15) is 24.1 Å². The number of likely N-dealkylation sites (N-methyl/N-ethyl adjacent to an activating group) is 1. The lowest BCUT2D eigenvalue weighted by Crippen LogP contribution is -2.32. The lowest BCUT2D eigenvalue weighted by atomic mass is 10.1. The van der Waals surface area contributed by atoms with Crippen molar-refractivity contribution < 1.29 is 22.7 Å². The summed E-state index contributed by atoms with van der Waals surface area (Å²) in [5.41, 5.74) is 3.02. The van der Waals surface area contributed by atoms with Gasteiger partial charge in [0.2, 0.25) is 5.91 Å². The highest BCUT2D eigenvalue weighted by molar-refractivity contribution is 7.91. The third-order valence-electron chi connectivity index (χ3n) is 5.76. The minimum atomic E-state index is -3.53. The lowest BCUT2D eigenvalue weighted by molar-refractivity contribution is -0.135. The van der Waals surface area contributed by atoms with E-state index in [0.29, 0.717) is 33.3 Å². The molecule has 1 heterocycles. The van der Waals surface area contributed by atoms with E-state index in [0.717, 1.165) is 30.1 Å². The number of nitrogens with one attached hydrogen (secondary N) is 2. The molecule has 1 aliphatic rings. The van der Waals surface area contributed by atoms with Gasteiger partial charge in [0.05, 0.1) is 25.2 Å². The standard InChI is InChI=1S/C25H33ClN4O5S/c1-17-11-21(34-4)12-18(2)24(17)36(32,33)16-27-9-10-35-15-23(31)30(3)14-20-6-5-19(13-22(20)26)25-28-7-8-29-25/h5-6,11-13,27H,7-10,14-16H2,1-4H3,(H,28,29). The van der Waals surface area contributed by atoms with Crippen LogP contribution in [0.3, 0.4) is 0 Å². The maximum atomic E-state index is 12.8. The number of halogens is 1. The fourth-order valence-corrected chi connectivity index (χ4v) is 5.87. The molecule has 0 radical (unpaired) electrons. The van der Waals surface area contributed by atoms with Crippen LogP contribution in [0.5, 0.6) is 5.75 Å². The van der Waals surface area contributed by atoms with Crippen molar-refractivity contribution in [3.63, 3.8) is 0 Å². The van der Waals surface area contributed by atoms with Gasteiger partial charge in [-0.15, -0.1) is 0 Å². The first-order chi connectivity index (χ1) is 17.1. The van der Waals surface area contributed by atoms with Gasteiger partial charge in [-0.3, -0.25) is 9.79 Å². The van der Waals surface area contributed by atoms with Crippen molar-refractivity contribution in [3.8, 4) is 5.75 Å². The Balaban J connectivity index is 1.41. The van der Waals surface area contributed by atoms with Crippen molar-refractivity contribution >= 4 is 33.2 Å². The van der Waals surface area contributed by atoms with Crippen molar-refractivity contribution in [2.45, 2.75) is 25.3 Å². The number of sulfone groups is 1. The molecule has 0 spiro atoms. The van der Waals surface area contributed by atoms with Gasteiger partial charge in [0.25, 0.3) is 0 Å². The van der Waals surface area contributed by atoms with Gasteiger partial charge in [0, 0.05) is 37.3 Å². The molecule has 0 saturated carbocycles. The largest absolute Gasteiger partial charge is 0.497 e. The zero-order valence-electron chi connectivity index (χ0n) is 21.1. The molecule has 0 atom stereocenters. The SMILES string of the molecule is COc1cc(C)c(S(=O)(=O)CNCCOCC(=O)N(C)Cc2ccc(C3=NCCN3)cc2Cl)c(C)c1. The number of nitrogens with zero attached hydrogens (tertiary/aromatic N) is 2. The monoisotopic (exact) mass is 536 g/mol. The third kappa shape index (κ3) is 7.19. The number of carbonyl (C=O) groups excluding carboxylic acids is 1. The van der Waals surface area contributed by atoms with Gasteiger partial charge in [-0.25, -0.2) is 8.42 Å². The van der Waals surface area contributed by atoms with Crippen molar-refractivity contribution in [1.82, 2.24) is 15.5 Å². The summed E-state index contributed by atoms with van der Waals surface area (Å²) < 4.78 is 36.2. The van der Waals surface area contributed by atoms with Crippen LogP contribution in [0, 0.1) is 13.8 Å². The molecule has 0 aromatic heterocycles. The fraction of sp³-hybridized carbons (Fsp3) is 0.440. The van der Waals surface area contributed by atoms with Gasteiger partial charge < -0.3 is 25.0 Å². The molecule has 2 N–H and O–H groups in total. The van der Waals surface area contributed by atoms with Gasteiger partial charge in [-0.1, -0.05) is 23.7 Å². The predicted octanol–water partition coefficient (Wildman–Crippen LogP) is 2.31. The second-order valence-electron chi connectivity index (χ2n) is 8.62. The van der Waals surface area contributed by atoms with Crippen LogP contribution in [0.2, 0.25) is 5.02 Å². The summed E-state index contributed by atoms with van der Waals surface area (Å²) in [4.78, 5) is 18.7. The number of aliphatic imine (C=N–C) groups is 1. The molecule has 1 aliphatic heterocycles. The Hall–Kier alpha value is -2.66. The molecule has 2 aromatic rings. The molecular formula is C25H33ClN4O5S. The van der Waals surface area contributed by atoms with Crippen LogP contribution in [0.15, 0.2) is 40.2 Å². The number of benzene rings is 2. The maximum Gasteiger partial charge on any atom is 0.248 e. The summed E-state index contributed by atoms with van der Waals surface area (Å²) in [6, 6.07) is 9.07. The molecule has 196 valence electrons. The number of amides is 1. The van der Waals surface area contributed by atoms with Crippen LogP contribution in [-0.2, 0) is 25.9 Å². The van der Waals surface area contributed by atoms with Crippen molar-refractivity contribution in [2.75, 3.05) is 52.9 Å². The average Bonchev–Trinajstić information content (AvgIpc) is 3.36. The number of methoxy groups -OCH3 is 1. The van der Waals surface area contributed by atoms with Crippen molar-refractivity contribution in [2.24, 2.45) is 4.99 Å². The normalized spacial score (nSPS) is 13.3. The van der Waals surface area contributed by atoms with Gasteiger partial charge in [-0.2, -0.15) is 0 Å². The second-order valence-corrected chi connectivity index (χ2v) is 10.9. The Morgan fingerprint density at radius 3 is 2.56 bits per heavy atom. The van der Waals surface area contributed by atoms with E-state index in [-0.39, 0.29) is 31.5 Å². The quantitative estimate of drug-likeness (QED) is 0.401. The molecule has 3 rings (SSSR count). The summed E-state index contributed by atoms with van der Waals surface area (Å²) in [5, 5.41) is 6.66. The van der Waals surface area contributed by atoms with Gasteiger partial charge in [0.15, 0.2) is 9.84 Å². The van der Waals surface area contributed by atoms with Crippen LogP contribution >= 0.6 is 11.6 Å². The first-order valence-corrected chi connectivity index (χ1v) is 13.6. The van der Waals surface area contributed by atoms with Gasteiger partial charge in [-0.05, 0) is 48.7 Å². The summed E-state index contributed by atoms with van der Waals surface area (Å²) >= 11 is 6.42. The average molecular weight is 537 g/mol. The van der Waals surface area contributed by atoms with Crippen LogP contribution in [0.1, 0.15) is 22.3 Å². The number of hydrogen-bond acceptors (Lipinski definition) is 8. The van der Waals surface area contributed by atoms with E-state index < -0.39 is 9.84 Å². The van der Waals surface area contributed by atoms with E-state index in [1.54, 1.807) is 45.0 Å². The first-order valence-electron chi connectivity index (χ1n) is 11.6. The highest BCUT2D eigenvalue weighted by Gasteiger charge is 2.20. The van der Waals surface area contributed by atoms with E-state index in [4.69, 9.17) is 21.1 Å². The molecule has 36 heavy (non-hydrogen) atoms. The van der Waals surface area contributed by atoms with Crippen LogP contribution in [-0.4, -0.2) is 77.9 Å². The summed E-state index contributed by atoms with van der Waals surface area (Å²) in [6.07, 6.45) is 0. The number of rotatable bonds is 12. The molecule has 1 amide bonds. The van der Waals surface area contributed by atoms with Crippen LogP contribution < -0.4 is 15.4 Å². The first kappa shape index (κ1) is 27.9. The third-order valence-corrected chi connectivity index (χ3v) is 7.96. The molecule has 0 unspecified atom stereocenters. The number of aryl methyl sites for hydroxylation is 2. The summed E-state index contributed by atoms with van der Waals surface area (Å²) in [6.45, 7) is 5.78. The second kappa shape index (κ2) is 12.5. The smallest absolute Gasteiger partial charge is 0.248 e. The number of amidine groups is 1. The molecule has 11 heteroatoms. The Labute approximate surface area is 217 Å². The number of hydrogen-bond donors (Lipinski definition) is 2. The topological polar surface area (TPSA) is 109 Å². The van der Waals surface area contributed by atoms with Gasteiger partial charge >= 0.3 is 0 Å². The molecule has 0 saturated heterocycles. The molecule has 2 aromatic carbocycles. The Bertz CT molecular complexity index is 1210. The van der Waals surface area contributed by atoms with Crippen molar-refractivity contribution in [1.29, 1.82) is 0 Å². The van der Waals surface area contributed by atoms with Crippen LogP contribution in [0.25, 0.3) is 0 Å². The minimum Gasteiger partial charge on any atom is -0.497 e. The zero-order valence-corrected chi connectivity index (χ0v) is 22.6. The van der Waals surface area contributed by atoms with Crippen LogP contribution in [0.4, 0.5) is 0 Å². The highest BCUT2D eigenvalue weighted by atomic mass is 35.5. The van der Waals surface area contributed by atoms with E-state index in [1.165, 1.54) is 0 Å². The maximum absolute atomic E-state index is 12.8. The number of ether oxygens (including phenoxy) is 2. The van der Waals surface area contributed by atoms with E-state index in [1.807, 2.05) is 18.2 Å². The Kier molecular flexibility index (Phi) is 9.72. The fourth-order valence-electron chi connectivity index (χ4n) is 3.97. The molecule has 0 aliphatic carbocycles. The summed E-state index contributed by atoms with van der Waals surface area (Å²) in [7, 11) is -0.303. The minimum absolute atomic E-state index is 0.113. The molecule has 0 bridgehead atoms. The zero-order chi connectivity index (χ0) is 26.3. The summed E-state index contributed by atoms with van der Waals surface area (Å²) in [5.74, 6) is 1.02. The predicted molar refractivity (Wildman–Crippen MR) is 141 cm³/mol. The highest BCUT2D eigenvalue weighted by Crippen LogP contribution is 2.26.